The molecule has 0 aliphatic carbocycles. The van der Waals surface area contributed by atoms with Crippen LogP contribution in [0.1, 0.15) is 361 Å². The smallest absolute Gasteiger partial charge is 0.306 e. The molecule has 0 spiro atoms. The van der Waals surface area contributed by atoms with E-state index in [0.717, 1.165) is 70.6 Å². The number of hydrogen-bond acceptors (Lipinski definition) is 6. The van der Waals surface area contributed by atoms with Gasteiger partial charge in [-0.3, -0.25) is 14.4 Å². The highest BCUT2D eigenvalue weighted by Crippen LogP contribution is 2.17. The highest BCUT2D eigenvalue weighted by atomic mass is 16.6. The third-order valence-corrected chi connectivity index (χ3v) is 15.1. The summed E-state index contributed by atoms with van der Waals surface area (Å²) in [6.07, 6.45) is 81.3. The average molecular weight is 1070 g/mol. The summed E-state index contributed by atoms with van der Waals surface area (Å²) >= 11 is 0. The number of carbonyl (C=O) groups excluding carboxylic acids is 3. The molecule has 0 radical (unpaired) electrons. The molecule has 0 amide bonds. The van der Waals surface area contributed by atoms with Gasteiger partial charge in [-0.05, 0) is 83.5 Å². The molecule has 6 nitrogen and oxygen atoms in total. The van der Waals surface area contributed by atoms with Crippen LogP contribution >= 0.6 is 0 Å². The van der Waals surface area contributed by atoms with Gasteiger partial charge in [0, 0.05) is 19.3 Å². The molecule has 0 aromatic carbocycles. The first-order valence-corrected chi connectivity index (χ1v) is 33.6. The van der Waals surface area contributed by atoms with Crippen molar-refractivity contribution in [2.24, 2.45) is 0 Å². The van der Waals surface area contributed by atoms with Gasteiger partial charge in [0.1, 0.15) is 13.2 Å². The van der Waals surface area contributed by atoms with Gasteiger partial charge in [-0.15, -0.1) is 0 Å². The molecule has 0 aromatic heterocycles. The number of esters is 3. The van der Waals surface area contributed by atoms with Crippen molar-refractivity contribution in [2.75, 3.05) is 13.2 Å². The minimum Gasteiger partial charge on any atom is -0.462 e. The Morgan fingerprint density at radius 2 is 0.474 bits per heavy atom. The van der Waals surface area contributed by atoms with Crippen LogP contribution in [-0.2, 0) is 28.6 Å². The van der Waals surface area contributed by atoms with Crippen molar-refractivity contribution >= 4 is 17.9 Å². The number of rotatable bonds is 62. The SMILES string of the molecule is CCCCCCC/C=C\C/C=C\C/C=C\CCCCCCCCCCCCCCCCC(=O)OCC(COC(=O)CCCCCCCCCCCCC)OC(=O)CCCCCCCCC/C=C\CCCCCCCCC. The molecule has 76 heavy (non-hydrogen) atoms. The fraction of sp³-hybridized carbons (Fsp3) is 0.843. The zero-order valence-corrected chi connectivity index (χ0v) is 51.0. The first-order valence-electron chi connectivity index (χ1n) is 33.6. The van der Waals surface area contributed by atoms with Crippen LogP contribution in [0.2, 0.25) is 0 Å². The molecule has 0 heterocycles. The van der Waals surface area contributed by atoms with E-state index in [1.807, 2.05) is 0 Å². The van der Waals surface area contributed by atoms with Gasteiger partial charge in [-0.1, -0.05) is 307 Å². The van der Waals surface area contributed by atoms with Gasteiger partial charge < -0.3 is 14.2 Å². The van der Waals surface area contributed by atoms with Crippen LogP contribution in [0.4, 0.5) is 0 Å². The predicted molar refractivity (Wildman–Crippen MR) is 330 cm³/mol. The minimum absolute atomic E-state index is 0.0704. The topological polar surface area (TPSA) is 78.9 Å². The van der Waals surface area contributed by atoms with E-state index in [1.54, 1.807) is 0 Å². The Kier molecular flexibility index (Phi) is 62.6. The van der Waals surface area contributed by atoms with Crippen molar-refractivity contribution in [1.82, 2.24) is 0 Å². The van der Waals surface area contributed by atoms with Crippen molar-refractivity contribution in [2.45, 2.75) is 367 Å². The summed E-state index contributed by atoms with van der Waals surface area (Å²) in [5, 5.41) is 0. The number of carbonyl (C=O) groups is 3. The lowest BCUT2D eigenvalue weighted by Gasteiger charge is -2.18. The van der Waals surface area contributed by atoms with Gasteiger partial charge in [0.05, 0.1) is 0 Å². The molecule has 0 aliphatic heterocycles. The Morgan fingerprint density at radius 1 is 0.263 bits per heavy atom. The van der Waals surface area contributed by atoms with Crippen molar-refractivity contribution in [3.63, 3.8) is 0 Å². The maximum Gasteiger partial charge on any atom is 0.306 e. The summed E-state index contributed by atoms with van der Waals surface area (Å²) in [7, 11) is 0. The summed E-state index contributed by atoms with van der Waals surface area (Å²) < 4.78 is 16.9. The monoisotopic (exact) mass is 1060 g/mol. The van der Waals surface area contributed by atoms with Crippen LogP contribution in [0.5, 0.6) is 0 Å². The molecule has 6 heteroatoms. The Balaban J connectivity index is 4.18. The maximum atomic E-state index is 12.9. The van der Waals surface area contributed by atoms with E-state index in [4.69, 9.17) is 14.2 Å². The van der Waals surface area contributed by atoms with E-state index in [9.17, 15) is 14.4 Å². The molecule has 1 atom stereocenters. The fourth-order valence-electron chi connectivity index (χ4n) is 9.98. The van der Waals surface area contributed by atoms with E-state index >= 15 is 0 Å². The quantitative estimate of drug-likeness (QED) is 0.0261. The second-order valence-corrected chi connectivity index (χ2v) is 22.7. The second kappa shape index (κ2) is 64.9. The number of ether oxygens (including phenoxy) is 3. The molecule has 0 saturated carbocycles. The standard InChI is InChI=1S/C70H128O6/c1-4-7-10-13-16-19-22-24-26-28-30-31-32-33-34-35-36-37-38-39-40-42-43-45-48-51-54-57-60-63-69(72)75-66-67(65-74-68(71)62-59-56-53-50-47-21-18-15-12-9-6-3)76-70(73)64-61-58-55-52-49-46-44-41-29-27-25-23-20-17-14-11-8-5-2/h22,24,27-30,32-33,67H,4-21,23,25-26,31,34-66H2,1-3H3/b24-22-,29-27-,30-28-,33-32-. The Bertz CT molecular complexity index is 1310. The molecule has 1 unspecified atom stereocenters. The molecule has 0 bridgehead atoms. The maximum absolute atomic E-state index is 12.9. The molecule has 0 N–H and O–H groups in total. The lowest BCUT2D eigenvalue weighted by molar-refractivity contribution is -0.167. The third-order valence-electron chi connectivity index (χ3n) is 15.1. The summed E-state index contributed by atoms with van der Waals surface area (Å²) in [5.41, 5.74) is 0. The third kappa shape index (κ3) is 62.2. The van der Waals surface area contributed by atoms with Gasteiger partial charge in [-0.2, -0.15) is 0 Å². The van der Waals surface area contributed by atoms with E-state index in [1.165, 1.54) is 250 Å². The van der Waals surface area contributed by atoms with E-state index in [2.05, 4.69) is 69.4 Å². The highest BCUT2D eigenvalue weighted by molar-refractivity contribution is 5.71. The van der Waals surface area contributed by atoms with Crippen LogP contribution in [0, 0.1) is 0 Å². The Labute approximate surface area is 473 Å². The Morgan fingerprint density at radius 3 is 0.750 bits per heavy atom. The molecule has 444 valence electrons. The van der Waals surface area contributed by atoms with Gasteiger partial charge in [0.2, 0.25) is 0 Å². The summed E-state index contributed by atoms with van der Waals surface area (Å²) in [5.74, 6) is -0.855. The lowest BCUT2D eigenvalue weighted by Crippen LogP contribution is -2.30. The van der Waals surface area contributed by atoms with E-state index in [-0.39, 0.29) is 31.1 Å². The number of unbranched alkanes of at least 4 members (excludes halogenated alkanes) is 43. The molecule has 0 saturated heterocycles. The van der Waals surface area contributed by atoms with Crippen LogP contribution in [0.3, 0.4) is 0 Å². The van der Waals surface area contributed by atoms with Crippen molar-refractivity contribution < 1.29 is 28.6 Å². The zero-order chi connectivity index (χ0) is 55.0. The number of allylic oxidation sites excluding steroid dienone is 8. The Hall–Kier alpha value is -2.63. The van der Waals surface area contributed by atoms with E-state index < -0.39 is 6.10 Å². The van der Waals surface area contributed by atoms with Gasteiger partial charge in [0.25, 0.3) is 0 Å². The molecule has 0 aliphatic rings. The normalized spacial score (nSPS) is 12.3. The first-order chi connectivity index (χ1) is 37.5. The molecule has 0 aromatic rings. The number of hydrogen-bond donors (Lipinski definition) is 0. The minimum atomic E-state index is -0.773. The van der Waals surface area contributed by atoms with Crippen LogP contribution in [0.25, 0.3) is 0 Å². The zero-order valence-electron chi connectivity index (χ0n) is 51.0. The predicted octanol–water partition coefficient (Wildman–Crippen LogP) is 22.9. The van der Waals surface area contributed by atoms with E-state index in [0.29, 0.717) is 19.3 Å². The second-order valence-electron chi connectivity index (χ2n) is 22.7. The largest absolute Gasteiger partial charge is 0.462 e. The summed E-state index contributed by atoms with van der Waals surface area (Å²) in [6, 6.07) is 0. The van der Waals surface area contributed by atoms with Crippen LogP contribution < -0.4 is 0 Å². The summed E-state index contributed by atoms with van der Waals surface area (Å²) in [6.45, 7) is 6.67. The lowest BCUT2D eigenvalue weighted by atomic mass is 10.0. The molecule has 0 rings (SSSR count). The van der Waals surface area contributed by atoms with Gasteiger partial charge >= 0.3 is 17.9 Å². The molecular weight excluding hydrogens is 937 g/mol. The highest BCUT2D eigenvalue weighted by Gasteiger charge is 2.19. The average Bonchev–Trinajstić information content (AvgIpc) is 3.42. The molecular formula is C70H128O6. The van der Waals surface area contributed by atoms with Crippen LogP contribution in [0.15, 0.2) is 48.6 Å². The van der Waals surface area contributed by atoms with Crippen molar-refractivity contribution in [3.8, 4) is 0 Å². The van der Waals surface area contributed by atoms with Crippen molar-refractivity contribution in [3.05, 3.63) is 48.6 Å². The van der Waals surface area contributed by atoms with Gasteiger partial charge in [0.15, 0.2) is 6.10 Å². The van der Waals surface area contributed by atoms with Crippen LogP contribution in [-0.4, -0.2) is 37.2 Å². The summed E-state index contributed by atoms with van der Waals surface area (Å²) in [4.78, 5) is 38.3. The van der Waals surface area contributed by atoms with Crippen molar-refractivity contribution in [1.29, 1.82) is 0 Å². The molecule has 0 fully saturated rings. The van der Waals surface area contributed by atoms with Gasteiger partial charge in [-0.25, -0.2) is 0 Å². The fourth-order valence-corrected chi connectivity index (χ4v) is 9.98. The first kappa shape index (κ1) is 73.4.